The SMILES string of the molecule is CCN(C(=O)N(C)C(C)C(=O)O)C1CC1. The number of nitrogens with zero attached hydrogens (tertiary/aromatic N) is 2. The lowest BCUT2D eigenvalue weighted by molar-refractivity contribution is -0.141. The van der Waals surface area contributed by atoms with Gasteiger partial charge >= 0.3 is 12.0 Å². The lowest BCUT2D eigenvalue weighted by atomic mass is 10.3. The molecule has 0 aromatic heterocycles. The smallest absolute Gasteiger partial charge is 0.326 e. The summed E-state index contributed by atoms with van der Waals surface area (Å²) in [5, 5.41) is 8.80. The Kier molecular flexibility index (Phi) is 3.55. The fourth-order valence-corrected chi connectivity index (χ4v) is 1.47. The van der Waals surface area contributed by atoms with Crippen LogP contribution in [-0.4, -0.2) is 52.6 Å². The molecule has 2 amide bonds. The largest absolute Gasteiger partial charge is 0.480 e. The monoisotopic (exact) mass is 214 g/mol. The first kappa shape index (κ1) is 11.8. The van der Waals surface area contributed by atoms with E-state index in [2.05, 4.69) is 0 Å². The molecule has 1 N–H and O–H groups in total. The molecule has 0 radical (unpaired) electrons. The number of hydrogen-bond acceptors (Lipinski definition) is 2. The summed E-state index contributed by atoms with van der Waals surface area (Å²) >= 11 is 0. The van der Waals surface area contributed by atoms with E-state index in [-0.39, 0.29) is 6.03 Å². The van der Waals surface area contributed by atoms with Crippen molar-refractivity contribution in [3.63, 3.8) is 0 Å². The number of carbonyl (C=O) groups excluding carboxylic acids is 1. The summed E-state index contributed by atoms with van der Waals surface area (Å²) in [7, 11) is 1.53. The molecular formula is C10H18N2O3. The maximum absolute atomic E-state index is 11.9. The first-order chi connectivity index (χ1) is 6.99. The zero-order valence-electron chi connectivity index (χ0n) is 9.43. The number of urea groups is 1. The van der Waals surface area contributed by atoms with Gasteiger partial charge in [0.1, 0.15) is 6.04 Å². The van der Waals surface area contributed by atoms with Gasteiger partial charge in [-0.3, -0.25) is 0 Å². The van der Waals surface area contributed by atoms with E-state index in [0.29, 0.717) is 12.6 Å². The molecule has 1 unspecified atom stereocenters. The molecule has 0 saturated heterocycles. The van der Waals surface area contributed by atoms with Crippen LogP contribution < -0.4 is 0 Å². The van der Waals surface area contributed by atoms with Crippen LogP contribution >= 0.6 is 0 Å². The first-order valence-electron chi connectivity index (χ1n) is 5.25. The van der Waals surface area contributed by atoms with Gasteiger partial charge < -0.3 is 14.9 Å². The van der Waals surface area contributed by atoms with Crippen LogP contribution in [0.25, 0.3) is 0 Å². The van der Waals surface area contributed by atoms with Gasteiger partial charge in [0.05, 0.1) is 0 Å². The van der Waals surface area contributed by atoms with Crippen molar-refractivity contribution in [2.75, 3.05) is 13.6 Å². The van der Waals surface area contributed by atoms with Crippen molar-refractivity contribution < 1.29 is 14.7 Å². The lowest BCUT2D eigenvalue weighted by Gasteiger charge is -2.29. The molecule has 5 nitrogen and oxygen atoms in total. The van der Waals surface area contributed by atoms with Crippen molar-refractivity contribution in [1.82, 2.24) is 9.80 Å². The minimum absolute atomic E-state index is 0.185. The summed E-state index contributed by atoms with van der Waals surface area (Å²) in [5.74, 6) is -0.974. The van der Waals surface area contributed by atoms with Gasteiger partial charge in [-0.2, -0.15) is 0 Å². The quantitative estimate of drug-likeness (QED) is 0.759. The first-order valence-corrected chi connectivity index (χ1v) is 5.25. The van der Waals surface area contributed by atoms with Gasteiger partial charge in [-0.1, -0.05) is 0 Å². The molecule has 0 bridgehead atoms. The van der Waals surface area contributed by atoms with Crippen molar-refractivity contribution in [1.29, 1.82) is 0 Å². The molecule has 0 aromatic carbocycles. The third kappa shape index (κ3) is 2.61. The Bertz CT molecular complexity index is 263. The predicted octanol–water partition coefficient (Wildman–Crippen LogP) is 0.996. The van der Waals surface area contributed by atoms with Crippen molar-refractivity contribution in [2.24, 2.45) is 0 Å². The van der Waals surface area contributed by atoms with E-state index in [9.17, 15) is 9.59 Å². The van der Waals surface area contributed by atoms with Crippen LogP contribution in [0.2, 0.25) is 0 Å². The van der Waals surface area contributed by atoms with E-state index >= 15 is 0 Å². The summed E-state index contributed by atoms with van der Waals surface area (Å²) < 4.78 is 0. The number of amides is 2. The average molecular weight is 214 g/mol. The van der Waals surface area contributed by atoms with E-state index < -0.39 is 12.0 Å². The van der Waals surface area contributed by atoms with Gasteiger partial charge in [0.25, 0.3) is 0 Å². The Labute approximate surface area is 89.7 Å². The molecule has 1 saturated carbocycles. The van der Waals surface area contributed by atoms with E-state index in [1.807, 2.05) is 6.92 Å². The van der Waals surface area contributed by atoms with Gasteiger partial charge in [-0.25, -0.2) is 9.59 Å². The Morgan fingerprint density at radius 1 is 1.47 bits per heavy atom. The lowest BCUT2D eigenvalue weighted by Crippen LogP contribution is -2.48. The summed E-state index contributed by atoms with van der Waals surface area (Å²) in [5.41, 5.74) is 0. The Hall–Kier alpha value is -1.26. The third-order valence-electron chi connectivity index (χ3n) is 2.81. The predicted molar refractivity (Wildman–Crippen MR) is 55.7 cm³/mol. The van der Waals surface area contributed by atoms with Crippen LogP contribution in [-0.2, 0) is 4.79 Å². The van der Waals surface area contributed by atoms with Gasteiger partial charge in [0.2, 0.25) is 0 Å². The molecule has 0 aliphatic heterocycles. The summed E-state index contributed by atoms with van der Waals surface area (Å²) in [4.78, 5) is 25.6. The van der Waals surface area contributed by atoms with E-state index in [0.717, 1.165) is 12.8 Å². The van der Waals surface area contributed by atoms with E-state index in [4.69, 9.17) is 5.11 Å². The highest BCUT2D eigenvalue weighted by Gasteiger charge is 2.34. The highest BCUT2D eigenvalue weighted by atomic mass is 16.4. The molecular weight excluding hydrogens is 196 g/mol. The maximum atomic E-state index is 11.9. The van der Waals surface area contributed by atoms with Gasteiger partial charge in [-0.15, -0.1) is 0 Å². The van der Waals surface area contributed by atoms with E-state index in [1.165, 1.54) is 18.9 Å². The number of rotatable bonds is 4. The number of likely N-dealkylation sites (N-methyl/N-ethyl adjacent to an activating group) is 1. The Morgan fingerprint density at radius 2 is 2.00 bits per heavy atom. The van der Waals surface area contributed by atoms with Crippen molar-refractivity contribution in [3.05, 3.63) is 0 Å². The number of aliphatic carboxylic acids is 1. The molecule has 1 fully saturated rings. The second-order valence-electron chi connectivity index (χ2n) is 3.92. The van der Waals surface area contributed by atoms with E-state index in [1.54, 1.807) is 4.90 Å². The standard InChI is InChI=1S/C10H18N2O3/c1-4-12(8-5-6-8)10(15)11(3)7(2)9(13)14/h7-8H,4-6H2,1-3H3,(H,13,14). The Balaban J connectivity index is 2.61. The van der Waals surface area contributed by atoms with Gasteiger partial charge in [0, 0.05) is 19.6 Å². The van der Waals surface area contributed by atoms with Crippen LogP contribution in [0.15, 0.2) is 0 Å². The summed E-state index contributed by atoms with van der Waals surface area (Å²) in [6.07, 6.45) is 2.07. The van der Waals surface area contributed by atoms with Gasteiger partial charge in [-0.05, 0) is 26.7 Å². The minimum atomic E-state index is -0.974. The van der Waals surface area contributed by atoms with Gasteiger partial charge in [0.15, 0.2) is 0 Å². The molecule has 0 heterocycles. The molecule has 5 heteroatoms. The normalized spacial score (nSPS) is 17.0. The molecule has 1 aliphatic rings. The fourth-order valence-electron chi connectivity index (χ4n) is 1.47. The molecule has 1 atom stereocenters. The van der Waals surface area contributed by atoms with Crippen LogP contribution in [0, 0.1) is 0 Å². The Morgan fingerprint density at radius 3 is 2.33 bits per heavy atom. The number of hydrogen-bond donors (Lipinski definition) is 1. The number of carboxylic acids is 1. The van der Waals surface area contributed by atoms with Crippen molar-refractivity contribution in [3.8, 4) is 0 Å². The van der Waals surface area contributed by atoms with Crippen molar-refractivity contribution >= 4 is 12.0 Å². The average Bonchev–Trinajstić information content (AvgIpc) is 3.00. The minimum Gasteiger partial charge on any atom is -0.480 e. The molecule has 1 rings (SSSR count). The molecule has 0 spiro atoms. The third-order valence-corrected chi connectivity index (χ3v) is 2.81. The molecule has 0 aromatic rings. The molecule has 1 aliphatic carbocycles. The zero-order chi connectivity index (χ0) is 11.6. The summed E-state index contributed by atoms with van der Waals surface area (Å²) in [6.45, 7) is 4.07. The maximum Gasteiger partial charge on any atom is 0.326 e. The highest BCUT2D eigenvalue weighted by Crippen LogP contribution is 2.27. The number of carbonyl (C=O) groups is 2. The van der Waals surface area contributed by atoms with Crippen LogP contribution in [0.1, 0.15) is 26.7 Å². The second-order valence-corrected chi connectivity index (χ2v) is 3.92. The molecule has 15 heavy (non-hydrogen) atoms. The van der Waals surface area contributed by atoms with Crippen molar-refractivity contribution in [2.45, 2.75) is 38.8 Å². The highest BCUT2D eigenvalue weighted by molar-refractivity contribution is 5.82. The van der Waals surface area contributed by atoms with Crippen LogP contribution in [0.4, 0.5) is 4.79 Å². The van der Waals surface area contributed by atoms with Crippen LogP contribution in [0.3, 0.4) is 0 Å². The second kappa shape index (κ2) is 4.51. The fraction of sp³-hybridized carbons (Fsp3) is 0.800. The zero-order valence-corrected chi connectivity index (χ0v) is 9.43. The van der Waals surface area contributed by atoms with Crippen LogP contribution in [0.5, 0.6) is 0 Å². The topological polar surface area (TPSA) is 60.9 Å². The molecule has 86 valence electrons. The summed E-state index contributed by atoms with van der Waals surface area (Å²) in [6, 6.07) is -0.633. The number of carboxylic acid groups (broad SMARTS) is 1.